The first-order valence-electron chi connectivity index (χ1n) is 14.1. The molecule has 0 heterocycles. The van der Waals surface area contributed by atoms with Crippen LogP contribution in [0.1, 0.15) is 60.5 Å². The molecule has 3 aromatic carbocycles. The Hall–Kier alpha value is -4.50. The number of carboxylic acids is 1. The van der Waals surface area contributed by atoms with Gasteiger partial charge in [0.25, 0.3) is 0 Å². The lowest BCUT2D eigenvalue weighted by Crippen LogP contribution is -2.13. The van der Waals surface area contributed by atoms with Crippen LogP contribution in [-0.2, 0) is 16.0 Å². The molecule has 224 valence electrons. The lowest BCUT2D eigenvalue weighted by molar-refractivity contribution is -0.128. The molecule has 0 saturated carbocycles. The molecule has 3 aromatic rings. The van der Waals surface area contributed by atoms with Crippen LogP contribution in [0.15, 0.2) is 66.7 Å². The quantitative estimate of drug-likeness (QED) is 0.0566. The SMILES string of the molecule is CCC(CCOc1ccc(OC(=O)/C=C/c2ccc(OCCCCCc3c(N)cc(N)cc3C(=O)O)cc2)cc1)OC. The van der Waals surface area contributed by atoms with Crippen LogP contribution >= 0.6 is 0 Å². The molecule has 9 nitrogen and oxygen atoms in total. The van der Waals surface area contributed by atoms with Gasteiger partial charge in [0, 0.05) is 31.0 Å². The van der Waals surface area contributed by atoms with Crippen LogP contribution in [-0.4, -0.2) is 43.5 Å². The van der Waals surface area contributed by atoms with Gasteiger partial charge in [0.2, 0.25) is 0 Å². The van der Waals surface area contributed by atoms with Crippen LogP contribution in [0.25, 0.3) is 6.08 Å². The number of anilines is 2. The number of ether oxygens (including phenoxy) is 4. The number of nitrogen functional groups attached to an aromatic ring is 2. The Balaban J connectivity index is 1.35. The standard InChI is InChI=1S/C33H40N2O7/c1-3-25(39-2)18-20-41-27-13-15-28(16-14-27)42-32(36)17-10-23-8-11-26(12-9-23)40-19-6-4-5-7-29-30(33(37)38)21-24(34)22-31(29)35/h8-17,21-22,25H,3-7,18-20,34-35H2,1-2H3,(H,37,38)/b17-10+. The zero-order chi connectivity index (χ0) is 30.3. The number of methoxy groups -OCH3 is 1. The van der Waals surface area contributed by atoms with E-state index in [0.717, 1.165) is 43.4 Å². The molecule has 0 bridgehead atoms. The Kier molecular flexibility index (Phi) is 12.7. The smallest absolute Gasteiger partial charge is 0.336 e. The summed E-state index contributed by atoms with van der Waals surface area (Å²) in [6, 6.07) is 17.4. The van der Waals surface area contributed by atoms with Crippen LogP contribution in [0.3, 0.4) is 0 Å². The third-order valence-electron chi connectivity index (χ3n) is 6.71. The van der Waals surface area contributed by atoms with Gasteiger partial charge in [0.05, 0.1) is 24.9 Å². The van der Waals surface area contributed by atoms with Gasteiger partial charge in [-0.3, -0.25) is 0 Å². The number of nitrogens with two attached hydrogens (primary N) is 2. The zero-order valence-electron chi connectivity index (χ0n) is 24.2. The Labute approximate surface area is 247 Å². The number of carbonyl (C=O) groups excluding carboxylic acids is 1. The molecule has 0 fully saturated rings. The van der Waals surface area contributed by atoms with E-state index in [9.17, 15) is 14.7 Å². The molecular formula is C33H40N2O7. The fourth-order valence-electron chi connectivity index (χ4n) is 4.35. The molecule has 1 unspecified atom stereocenters. The second kappa shape index (κ2) is 16.7. The van der Waals surface area contributed by atoms with E-state index < -0.39 is 11.9 Å². The lowest BCUT2D eigenvalue weighted by Gasteiger charge is -2.13. The Morgan fingerprint density at radius 3 is 2.17 bits per heavy atom. The molecule has 9 heteroatoms. The number of carboxylic acid groups (broad SMARTS) is 1. The number of benzene rings is 3. The van der Waals surface area contributed by atoms with Gasteiger partial charge >= 0.3 is 11.9 Å². The first-order chi connectivity index (χ1) is 20.3. The maximum atomic E-state index is 12.2. The van der Waals surface area contributed by atoms with Crippen LogP contribution in [0.2, 0.25) is 0 Å². The molecule has 3 rings (SSSR count). The number of aromatic carboxylic acids is 1. The summed E-state index contributed by atoms with van der Waals surface area (Å²) < 4.78 is 22.2. The minimum atomic E-state index is -1.03. The molecule has 0 radical (unpaired) electrons. The fourth-order valence-corrected chi connectivity index (χ4v) is 4.35. The molecule has 0 aromatic heterocycles. The van der Waals surface area contributed by atoms with Gasteiger partial charge in [-0.25, -0.2) is 9.59 Å². The summed E-state index contributed by atoms with van der Waals surface area (Å²) in [5, 5.41) is 9.41. The zero-order valence-corrected chi connectivity index (χ0v) is 24.2. The summed E-state index contributed by atoms with van der Waals surface area (Å²) in [5.74, 6) is 0.351. The largest absolute Gasteiger partial charge is 0.494 e. The van der Waals surface area contributed by atoms with Crippen molar-refractivity contribution in [1.29, 1.82) is 0 Å². The van der Waals surface area contributed by atoms with Crippen molar-refractivity contribution in [2.24, 2.45) is 0 Å². The Morgan fingerprint density at radius 1 is 0.881 bits per heavy atom. The minimum Gasteiger partial charge on any atom is -0.494 e. The second-order valence-corrected chi connectivity index (χ2v) is 9.80. The van der Waals surface area contributed by atoms with E-state index in [0.29, 0.717) is 48.1 Å². The number of carbonyl (C=O) groups is 2. The fraction of sp³-hybridized carbons (Fsp3) is 0.333. The highest BCUT2D eigenvalue weighted by molar-refractivity contribution is 5.92. The van der Waals surface area contributed by atoms with Gasteiger partial charge in [0.15, 0.2) is 0 Å². The summed E-state index contributed by atoms with van der Waals surface area (Å²) in [4.78, 5) is 23.7. The van der Waals surface area contributed by atoms with Crippen LogP contribution in [0.5, 0.6) is 17.2 Å². The first-order valence-corrected chi connectivity index (χ1v) is 14.1. The summed E-state index contributed by atoms with van der Waals surface area (Å²) in [7, 11) is 1.70. The van der Waals surface area contributed by atoms with Crippen molar-refractivity contribution >= 4 is 29.4 Å². The molecule has 0 amide bonds. The molecule has 1 atom stereocenters. The molecule has 0 aliphatic heterocycles. The Morgan fingerprint density at radius 2 is 1.52 bits per heavy atom. The maximum Gasteiger partial charge on any atom is 0.336 e. The third-order valence-corrected chi connectivity index (χ3v) is 6.71. The number of rotatable bonds is 17. The molecular weight excluding hydrogens is 536 g/mol. The molecule has 42 heavy (non-hydrogen) atoms. The number of esters is 1. The minimum absolute atomic E-state index is 0.157. The highest BCUT2D eigenvalue weighted by atomic mass is 16.5. The summed E-state index contributed by atoms with van der Waals surface area (Å²) >= 11 is 0. The average molecular weight is 577 g/mol. The summed E-state index contributed by atoms with van der Waals surface area (Å²) in [6.07, 6.45) is 7.99. The van der Waals surface area contributed by atoms with E-state index in [1.54, 1.807) is 43.5 Å². The summed E-state index contributed by atoms with van der Waals surface area (Å²) in [6.45, 7) is 3.16. The van der Waals surface area contributed by atoms with Crippen molar-refractivity contribution in [3.05, 3.63) is 83.4 Å². The highest BCUT2D eigenvalue weighted by Gasteiger charge is 2.14. The summed E-state index contributed by atoms with van der Waals surface area (Å²) in [5.41, 5.74) is 14.1. The van der Waals surface area contributed by atoms with Gasteiger partial charge in [0.1, 0.15) is 17.2 Å². The molecule has 0 aliphatic rings. The van der Waals surface area contributed by atoms with Crippen molar-refractivity contribution in [1.82, 2.24) is 0 Å². The molecule has 5 N–H and O–H groups in total. The highest BCUT2D eigenvalue weighted by Crippen LogP contribution is 2.24. The topological polar surface area (TPSA) is 143 Å². The predicted molar refractivity (Wildman–Crippen MR) is 164 cm³/mol. The predicted octanol–water partition coefficient (Wildman–Crippen LogP) is 6.15. The van der Waals surface area contributed by atoms with Gasteiger partial charge < -0.3 is 35.5 Å². The normalized spacial score (nSPS) is 11.8. The van der Waals surface area contributed by atoms with E-state index >= 15 is 0 Å². The lowest BCUT2D eigenvalue weighted by atomic mass is 9.98. The van der Waals surface area contributed by atoms with Crippen molar-refractivity contribution in [2.75, 3.05) is 31.8 Å². The van der Waals surface area contributed by atoms with E-state index in [4.69, 9.17) is 30.4 Å². The van der Waals surface area contributed by atoms with E-state index in [-0.39, 0.29) is 11.7 Å². The molecule has 0 aliphatic carbocycles. The second-order valence-electron chi connectivity index (χ2n) is 9.80. The monoisotopic (exact) mass is 576 g/mol. The van der Waals surface area contributed by atoms with Crippen LogP contribution in [0.4, 0.5) is 11.4 Å². The molecule has 0 spiro atoms. The molecule has 0 saturated heterocycles. The van der Waals surface area contributed by atoms with Crippen molar-refractivity contribution in [3.63, 3.8) is 0 Å². The van der Waals surface area contributed by atoms with Crippen LogP contribution in [0, 0.1) is 0 Å². The number of hydrogen-bond donors (Lipinski definition) is 3. The van der Waals surface area contributed by atoms with E-state index in [1.807, 2.05) is 24.3 Å². The first kappa shape index (κ1) is 32.0. The van der Waals surface area contributed by atoms with Gasteiger partial charge in [-0.05, 0) is 97.8 Å². The van der Waals surface area contributed by atoms with Gasteiger partial charge in [-0.15, -0.1) is 0 Å². The number of unbranched alkanes of at least 4 members (excludes halogenated alkanes) is 2. The van der Waals surface area contributed by atoms with Crippen LogP contribution < -0.4 is 25.7 Å². The maximum absolute atomic E-state index is 12.2. The third kappa shape index (κ3) is 10.5. The average Bonchev–Trinajstić information content (AvgIpc) is 2.98. The number of hydrogen-bond acceptors (Lipinski definition) is 8. The van der Waals surface area contributed by atoms with Crippen molar-refractivity contribution < 1.29 is 33.6 Å². The van der Waals surface area contributed by atoms with E-state index in [1.165, 1.54) is 12.1 Å². The van der Waals surface area contributed by atoms with E-state index in [2.05, 4.69) is 6.92 Å². The Bertz CT molecular complexity index is 1320. The van der Waals surface area contributed by atoms with Crippen molar-refractivity contribution in [2.45, 2.75) is 51.6 Å². The van der Waals surface area contributed by atoms with Gasteiger partial charge in [-0.2, -0.15) is 0 Å². The van der Waals surface area contributed by atoms with Gasteiger partial charge in [-0.1, -0.05) is 19.1 Å². The van der Waals surface area contributed by atoms with Crippen molar-refractivity contribution in [3.8, 4) is 17.2 Å².